The summed E-state index contributed by atoms with van der Waals surface area (Å²) in [6.45, 7) is -2.74. The molecule has 1 N–H and O–H groups in total. The van der Waals surface area contributed by atoms with Crippen molar-refractivity contribution in [2.24, 2.45) is 0 Å². The number of halogens is 2. The number of carbonyl (C=O) groups is 1. The Labute approximate surface area is 139 Å². The van der Waals surface area contributed by atoms with Gasteiger partial charge in [0, 0.05) is 25.1 Å². The first kappa shape index (κ1) is 16.1. The van der Waals surface area contributed by atoms with Crippen molar-refractivity contribution in [3.8, 4) is 11.6 Å². The maximum Gasteiger partial charge on any atom is 0.387 e. The summed E-state index contributed by atoms with van der Waals surface area (Å²) in [5, 5.41) is 4.18. The topological polar surface area (TPSA) is 69.0 Å². The van der Waals surface area contributed by atoms with Gasteiger partial charge in [0.25, 0.3) is 5.91 Å². The van der Waals surface area contributed by atoms with Crippen LogP contribution in [-0.2, 0) is 6.54 Å². The second kappa shape index (κ2) is 7.18. The van der Waals surface area contributed by atoms with Crippen LogP contribution in [0.4, 0.5) is 8.78 Å². The molecule has 0 spiro atoms. The van der Waals surface area contributed by atoms with E-state index in [1.165, 1.54) is 11.4 Å². The van der Waals surface area contributed by atoms with Crippen molar-refractivity contribution in [2.75, 3.05) is 0 Å². The molecule has 3 heterocycles. The van der Waals surface area contributed by atoms with Crippen molar-refractivity contribution < 1.29 is 18.3 Å². The van der Waals surface area contributed by atoms with E-state index in [1.807, 2.05) is 6.07 Å². The van der Waals surface area contributed by atoms with E-state index in [-0.39, 0.29) is 17.2 Å². The molecule has 0 radical (unpaired) electrons. The Hall–Kier alpha value is -2.81. The number of nitrogens with zero attached hydrogens (tertiary/aromatic N) is 3. The van der Waals surface area contributed by atoms with Crippen LogP contribution in [0.2, 0.25) is 0 Å². The lowest BCUT2D eigenvalue weighted by Gasteiger charge is -2.08. The van der Waals surface area contributed by atoms with Gasteiger partial charge in [-0.05, 0) is 23.1 Å². The van der Waals surface area contributed by atoms with Crippen LogP contribution in [-0.4, -0.2) is 27.1 Å². The third-order valence-electron chi connectivity index (χ3n) is 3.08. The lowest BCUT2D eigenvalue weighted by Crippen LogP contribution is -2.22. The quantitative estimate of drug-likeness (QED) is 0.742. The SMILES string of the molecule is O=C(NCc1ccc(-n2ccnc2)nc1)c1sccc1OC(F)F. The van der Waals surface area contributed by atoms with Crippen LogP contribution in [0.15, 0.2) is 48.5 Å². The number of alkyl halides is 2. The Morgan fingerprint density at radius 1 is 1.38 bits per heavy atom. The summed E-state index contributed by atoms with van der Waals surface area (Å²) in [6, 6.07) is 4.94. The zero-order valence-electron chi connectivity index (χ0n) is 12.2. The Kier molecular flexibility index (Phi) is 4.80. The molecule has 3 rings (SSSR count). The number of hydrogen-bond donors (Lipinski definition) is 1. The number of thiophene rings is 1. The molecule has 0 saturated heterocycles. The van der Waals surface area contributed by atoms with Gasteiger partial charge in [-0.25, -0.2) is 9.97 Å². The smallest absolute Gasteiger partial charge is 0.387 e. The zero-order chi connectivity index (χ0) is 16.9. The number of aromatic nitrogens is 3. The van der Waals surface area contributed by atoms with E-state index < -0.39 is 12.5 Å². The first-order valence-electron chi connectivity index (χ1n) is 6.87. The van der Waals surface area contributed by atoms with Gasteiger partial charge in [0.1, 0.15) is 22.8 Å². The molecule has 9 heteroatoms. The summed E-state index contributed by atoms with van der Waals surface area (Å²) in [6.07, 6.45) is 6.67. The van der Waals surface area contributed by atoms with Crippen LogP contribution in [0.3, 0.4) is 0 Å². The van der Waals surface area contributed by atoms with Gasteiger partial charge in [-0.2, -0.15) is 8.78 Å². The minimum atomic E-state index is -2.97. The number of nitrogens with one attached hydrogen (secondary N) is 1. The molecule has 0 fully saturated rings. The maximum atomic E-state index is 12.3. The third kappa shape index (κ3) is 3.74. The molecule has 24 heavy (non-hydrogen) atoms. The number of hydrogen-bond acceptors (Lipinski definition) is 5. The lowest BCUT2D eigenvalue weighted by atomic mass is 10.2. The Morgan fingerprint density at radius 2 is 2.25 bits per heavy atom. The highest BCUT2D eigenvalue weighted by Gasteiger charge is 2.17. The van der Waals surface area contributed by atoms with Crippen LogP contribution in [0.5, 0.6) is 5.75 Å². The van der Waals surface area contributed by atoms with Gasteiger partial charge in [-0.15, -0.1) is 11.3 Å². The van der Waals surface area contributed by atoms with E-state index in [0.29, 0.717) is 5.82 Å². The minimum absolute atomic E-state index is 0.110. The number of pyridine rings is 1. The molecule has 0 bridgehead atoms. The summed E-state index contributed by atoms with van der Waals surface area (Å²) in [7, 11) is 0. The molecule has 0 aliphatic heterocycles. The molecule has 1 amide bonds. The Morgan fingerprint density at radius 3 is 2.92 bits per heavy atom. The number of imidazole rings is 1. The molecule has 0 aliphatic rings. The predicted octanol–water partition coefficient (Wildman–Crippen LogP) is 2.86. The van der Waals surface area contributed by atoms with Crippen LogP contribution in [0.1, 0.15) is 15.2 Å². The first-order valence-corrected chi connectivity index (χ1v) is 7.75. The van der Waals surface area contributed by atoms with Gasteiger partial charge in [-0.3, -0.25) is 9.36 Å². The largest absolute Gasteiger partial charge is 0.433 e. The average molecular weight is 350 g/mol. The van der Waals surface area contributed by atoms with Crippen LogP contribution < -0.4 is 10.1 Å². The second-order valence-electron chi connectivity index (χ2n) is 4.67. The number of rotatable bonds is 6. The van der Waals surface area contributed by atoms with Crippen LogP contribution >= 0.6 is 11.3 Å². The first-order chi connectivity index (χ1) is 11.6. The molecule has 0 atom stereocenters. The van der Waals surface area contributed by atoms with Gasteiger partial charge in [0.05, 0.1) is 0 Å². The second-order valence-corrected chi connectivity index (χ2v) is 5.59. The van der Waals surface area contributed by atoms with E-state index >= 15 is 0 Å². The van der Waals surface area contributed by atoms with E-state index in [9.17, 15) is 13.6 Å². The van der Waals surface area contributed by atoms with Crippen molar-refractivity contribution in [1.29, 1.82) is 0 Å². The Bertz CT molecular complexity index is 803. The fourth-order valence-corrected chi connectivity index (χ4v) is 2.72. The summed E-state index contributed by atoms with van der Waals surface area (Å²) >= 11 is 1.04. The fourth-order valence-electron chi connectivity index (χ4n) is 1.98. The number of carbonyl (C=O) groups excluding carboxylic acids is 1. The minimum Gasteiger partial charge on any atom is -0.433 e. The van der Waals surface area contributed by atoms with Crippen molar-refractivity contribution in [1.82, 2.24) is 19.9 Å². The van der Waals surface area contributed by atoms with Gasteiger partial charge in [-0.1, -0.05) is 6.07 Å². The third-order valence-corrected chi connectivity index (χ3v) is 3.98. The van der Waals surface area contributed by atoms with Gasteiger partial charge in [0.15, 0.2) is 0 Å². The lowest BCUT2D eigenvalue weighted by molar-refractivity contribution is -0.0498. The zero-order valence-corrected chi connectivity index (χ0v) is 13.0. The normalized spacial score (nSPS) is 10.8. The number of amides is 1. The molecule has 3 aromatic rings. The molecule has 3 aromatic heterocycles. The van der Waals surface area contributed by atoms with Gasteiger partial charge >= 0.3 is 6.61 Å². The number of ether oxygens (including phenoxy) is 1. The summed E-state index contributed by atoms with van der Waals surface area (Å²) in [5.41, 5.74) is 0.778. The molecule has 6 nitrogen and oxygen atoms in total. The molecular weight excluding hydrogens is 338 g/mol. The van der Waals surface area contributed by atoms with E-state index in [4.69, 9.17) is 0 Å². The molecule has 0 aliphatic carbocycles. The summed E-state index contributed by atoms with van der Waals surface area (Å²) in [5.74, 6) is 0.105. The van der Waals surface area contributed by atoms with Crippen molar-refractivity contribution >= 4 is 17.2 Å². The summed E-state index contributed by atoms with van der Waals surface area (Å²) < 4.78 is 30.6. The molecular formula is C15H12F2N4O2S. The van der Waals surface area contributed by atoms with Crippen molar-refractivity contribution in [3.63, 3.8) is 0 Å². The van der Waals surface area contributed by atoms with Gasteiger partial charge < -0.3 is 10.1 Å². The average Bonchev–Trinajstić information content (AvgIpc) is 3.24. The van der Waals surface area contributed by atoms with E-state index in [2.05, 4.69) is 20.0 Å². The van der Waals surface area contributed by atoms with Crippen LogP contribution in [0.25, 0.3) is 5.82 Å². The van der Waals surface area contributed by atoms with Crippen molar-refractivity contribution in [2.45, 2.75) is 13.2 Å². The highest BCUT2D eigenvalue weighted by atomic mass is 32.1. The molecule has 0 unspecified atom stereocenters. The molecule has 0 saturated carbocycles. The predicted molar refractivity (Wildman–Crippen MR) is 83.5 cm³/mol. The maximum absolute atomic E-state index is 12.3. The monoisotopic (exact) mass is 350 g/mol. The van der Waals surface area contributed by atoms with E-state index in [1.54, 1.807) is 35.6 Å². The standard InChI is InChI=1S/C15H12F2N4O2S/c16-15(17)23-11-3-6-24-13(11)14(22)20-8-10-1-2-12(19-7-10)21-5-4-18-9-21/h1-7,9,15H,8H2,(H,20,22). The molecule has 124 valence electrons. The van der Waals surface area contributed by atoms with Crippen molar-refractivity contribution in [3.05, 3.63) is 58.9 Å². The van der Waals surface area contributed by atoms with E-state index in [0.717, 1.165) is 16.9 Å². The molecule has 0 aromatic carbocycles. The highest BCUT2D eigenvalue weighted by molar-refractivity contribution is 7.12. The fraction of sp³-hybridized carbons (Fsp3) is 0.133. The Balaban J connectivity index is 1.61. The van der Waals surface area contributed by atoms with Gasteiger partial charge in [0.2, 0.25) is 0 Å². The van der Waals surface area contributed by atoms with Crippen LogP contribution in [0, 0.1) is 0 Å². The highest BCUT2D eigenvalue weighted by Crippen LogP contribution is 2.26. The summed E-state index contributed by atoms with van der Waals surface area (Å²) in [4.78, 5) is 20.4.